The van der Waals surface area contributed by atoms with Gasteiger partial charge in [0.25, 0.3) is 0 Å². The number of fused-ring (bicyclic) bond motifs is 1. The molecule has 0 spiro atoms. The SMILES string of the molecule is C=C[C@@H]1C[C@]1(CC(=O)[C@@H]1C[C@@H](Oc2cc(-c3nc(C(C)C)cs3)nc3c(C)c(OC)ccc23)CN1)C(=O)NS(=O)(=O)C1CC1. The van der Waals surface area contributed by atoms with Crippen molar-refractivity contribution in [1.29, 1.82) is 0 Å². The lowest BCUT2D eigenvalue weighted by molar-refractivity contribution is -0.130. The minimum absolute atomic E-state index is 0.0519. The van der Waals surface area contributed by atoms with E-state index in [9.17, 15) is 18.0 Å². The molecule has 1 aliphatic heterocycles. The van der Waals surface area contributed by atoms with Gasteiger partial charge in [-0.05, 0) is 50.2 Å². The first-order chi connectivity index (χ1) is 21.0. The van der Waals surface area contributed by atoms with Gasteiger partial charge in [0.05, 0.1) is 35.0 Å². The zero-order valence-corrected chi connectivity index (χ0v) is 27.0. The van der Waals surface area contributed by atoms with Gasteiger partial charge in [0, 0.05) is 41.8 Å². The highest BCUT2D eigenvalue weighted by molar-refractivity contribution is 7.90. The second-order valence-electron chi connectivity index (χ2n) is 12.5. The second-order valence-corrected chi connectivity index (χ2v) is 15.3. The van der Waals surface area contributed by atoms with Crippen molar-refractivity contribution < 1.29 is 27.5 Å². The summed E-state index contributed by atoms with van der Waals surface area (Å²) >= 11 is 1.54. The van der Waals surface area contributed by atoms with Crippen molar-refractivity contribution >= 4 is 44.0 Å². The third kappa shape index (κ3) is 5.75. The summed E-state index contributed by atoms with van der Waals surface area (Å²) in [5.74, 6) is 0.693. The molecule has 12 heteroatoms. The van der Waals surface area contributed by atoms with Crippen molar-refractivity contribution in [1.82, 2.24) is 20.0 Å². The van der Waals surface area contributed by atoms with Crippen LogP contribution in [0.25, 0.3) is 21.6 Å². The first kappa shape index (κ1) is 30.7. The Morgan fingerprint density at radius 2 is 2.02 bits per heavy atom. The average molecular weight is 639 g/mol. The van der Waals surface area contributed by atoms with E-state index < -0.39 is 32.6 Å². The highest BCUT2D eigenvalue weighted by atomic mass is 32.2. The van der Waals surface area contributed by atoms with Gasteiger partial charge >= 0.3 is 0 Å². The van der Waals surface area contributed by atoms with Gasteiger partial charge in [0.2, 0.25) is 15.9 Å². The molecule has 6 rings (SSSR count). The molecule has 3 fully saturated rings. The minimum atomic E-state index is -3.71. The Bertz CT molecular complexity index is 1750. The number of rotatable bonds is 12. The van der Waals surface area contributed by atoms with Gasteiger partial charge in [-0.1, -0.05) is 19.9 Å². The number of amides is 1. The zero-order chi connectivity index (χ0) is 31.4. The van der Waals surface area contributed by atoms with E-state index in [2.05, 4.69) is 30.5 Å². The topological polar surface area (TPSA) is 137 Å². The van der Waals surface area contributed by atoms with Crippen LogP contribution in [-0.4, -0.2) is 61.1 Å². The number of nitrogens with zero attached hydrogens (tertiary/aromatic N) is 2. The molecule has 0 radical (unpaired) electrons. The molecule has 10 nitrogen and oxygen atoms in total. The van der Waals surface area contributed by atoms with Crippen LogP contribution in [0.3, 0.4) is 0 Å². The maximum absolute atomic E-state index is 13.5. The van der Waals surface area contributed by atoms with Crippen molar-refractivity contribution in [3.63, 3.8) is 0 Å². The van der Waals surface area contributed by atoms with E-state index in [4.69, 9.17) is 19.4 Å². The van der Waals surface area contributed by atoms with E-state index in [0.717, 1.165) is 32.9 Å². The van der Waals surface area contributed by atoms with Crippen molar-refractivity contribution in [3.05, 3.63) is 47.5 Å². The smallest absolute Gasteiger partial charge is 0.240 e. The predicted octanol–water partition coefficient (Wildman–Crippen LogP) is 4.67. The Balaban J connectivity index is 1.20. The molecule has 4 atom stereocenters. The van der Waals surface area contributed by atoms with Gasteiger partial charge in [0.1, 0.15) is 28.3 Å². The standard InChI is InChI=1S/C32H38N4O6S2/c1-6-19-13-32(19,31(38)36-44(39,40)21-7-8-21)14-26(37)23-11-20(15-33-23)42-28-12-24(30-35-25(16-43-30)17(2)3)34-29-18(4)27(41-5)10-9-22(28)29/h6,9-10,12,16-17,19-21,23,33H,1,7-8,11,13-15H2,2-5H3,(H,36,38)/t19-,20-,23+,32-/m1/s1. The van der Waals surface area contributed by atoms with Crippen LogP contribution in [0.5, 0.6) is 11.5 Å². The lowest BCUT2D eigenvalue weighted by atomic mass is 9.92. The number of nitrogens with one attached hydrogen (secondary N) is 2. The van der Waals surface area contributed by atoms with Crippen molar-refractivity contribution in [2.45, 2.75) is 76.2 Å². The third-order valence-corrected chi connectivity index (χ3v) is 11.7. The molecule has 2 aromatic heterocycles. The van der Waals surface area contributed by atoms with E-state index in [1.807, 2.05) is 30.5 Å². The largest absolute Gasteiger partial charge is 0.496 e. The van der Waals surface area contributed by atoms with E-state index >= 15 is 0 Å². The Kier molecular flexibility index (Phi) is 8.04. The van der Waals surface area contributed by atoms with Crippen LogP contribution in [-0.2, 0) is 19.6 Å². The molecule has 1 saturated heterocycles. The quantitative estimate of drug-likeness (QED) is 0.271. The van der Waals surface area contributed by atoms with E-state index in [1.54, 1.807) is 13.2 Å². The van der Waals surface area contributed by atoms with Crippen molar-refractivity contribution in [2.75, 3.05) is 13.7 Å². The number of allylic oxidation sites excluding steroid dienone is 1. The minimum Gasteiger partial charge on any atom is -0.496 e. The van der Waals surface area contributed by atoms with Crippen LogP contribution in [0.15, 0.2) is 36.2 Å². The van der Waals surface area contributed by atoms with Gasteiger partial charge in [0.15, 0.2) is 5.78 Å². The van der Waals surface area contributed by atoms with Gasteiger partial charge in [-0.25, -0.2) is 18.4 Å². The lowest BCUT2D eigenvalue weighted by Gasteiger charge is -2.19. The fourth-order valence-electron chi connectivity index (χ4n) is 6.01. The summed E-state index contributed by atoms with van der Waals surface area (Å²) in [4.78, 5) is 36.4. The Labute approximate surface area is 261 Å². The number of sulfonamides is 1. The number of thiazole rings is 1. The second kappa shape index (κ2) is 11.5. The third-order valence-electron chi connectivity index (χ3n) is 9.03. The van der Waals surface area contributed by atoms with E-state index in [-0.39, 0.29) is 24.2 Å². The molecule has 1 amide bonds. The molecule has 1 aromatic carbocycles. The van der Waals surface area contributed by atoms with E-state index in [0.29, 0.717) is 49.6 Å². The number of benzene rings is 1. The molecular weight excluding hydrogens is 601 g/mol. The van der Waals surface area contributed by atoms with Crippen LogP contribution < -0.4 is 19.5 Å². The maximum atomic E-state index is 13.5. The highest BCUT2D eigenvalue weighted by Crippen LogP contribution is 2.57. The summed E-state index contributed by atoms with van der Waals surface area (Å²) in [7, 11) is -2.08. The lowest BCUT2D eigenvalue weighted by Crippen LogP contribution is -2.42. The molecular formula is C32H38N4O6S2. The van der Waals surface area contributed by atoms with Crippen LogP contribution >= 0.6 is 11.3 Å². The molecule has 3 aliphatic rings. The molecule has 2 aliphatic carbocycles. The Morgan fingerprint density at radius 3 is 2.66 bits per heavy atom. The summed E-state index contributed by atoms with van der Waals surface area (Å²) in [6.07, 6.45) is 3.21. The monoisotopic (exact) mass is 638 g/mol. The summed E-state index contributed by atoms with van der Waals surface area (Å²) in [5.41, 5.74) is 2.29. The van der Waals surface area contributed by atoms with Crippen LogP contribution in [0.4, 0.5) is 0 Å². The summed E-state index contributed by atoms with van der Waals surface area (Å²) in [5, 5.41) is 6.44. The normalized spacial score (nSPS) is 24.8. The fraction of sp³-hybridized carbons (Fsp3) is 0.500. The van der Waals surface area contributed by atoms with Crippen LogP contribution in [0, 0.1) is 18.3 Å². The Morgan fingerprint density at radius 1 is 1.25 bits per heavy atom. The Hall–Kier alpha value is -3.35. The summed E-state index contributed by atoms with van der Waals surface area (Å²) in [6.45, 7) is 10.4. The van der Waals surface area contributed by atoms with Gasteiger partial charge in [-0.3, -0.25) is 14.3 Å². The van der Waals surface area contributed by atoms with E-state index in [1.165, 1.54) is 11.3 Å². The first-order valence-corrected chi connectivity index (χ1v) is 17.4. The zero-order valence-electron chi connectivity index (χ0n) is 25.4. The number of methoxy groups -OCH3 is 1. The highest BCUT2D eigenvalue weighted by Gasteiger charge is 2.61. The number of carbonyl (C=O) groups is 2. The number of aromatic nitrogens is 2. The number of pyridine rings is 1. The molecule has 44 heavy (non-hydrogen) atoms. The van der Waals surface area contributed by atoms with Crippen LogP contribution in [0.2, 0.25) is 0 Å². The number of aryl methyl sites for hydroxylation is 1. The number of carbonyl (C=O) groups excluding carboxylic acids is 2. The summed E-state index contributed by atoms with van der Waals surface area (Å²) in [6, 6.07) is 5.22. The van der Waals surface area contributed by atoms with Gasteiger partial charge < -0.3 is 14.8 Å². The molecule has 0 bridgehead atoms. The van der Waals surface area contributed by atoms with Crippen LogP contribution in [0.1, 0.15) is 63.1 Å². The predicted molar refractivity (Wildman–Crippen MR) is 169 cm³/mol. The molecule has 3 heterocycles. The van der Waals surface area contributed by atoms with Crippen molar-refractivity contribution in [2.24, 2.45) is 11.3 Å². The fourth-order valence-corrected chi connectivity index (χ4v) is 8.33. The van der Waals surface area contributed by atoms with Gasteiger partial charge in [-0.2, -0.15) is 0 Å². The van der Waals surface area contributed by atoms with Crippen molar-refractivity contribution in [3.8, 4) is 22.2 Å². The first-order valence-electron chi connectivity index (χ1n) is 15.0. The molecule has 2 N–H and O–H groups in total. The van der Waals surface area contributed by atoms with Gasteiger partial charge in [-0.15, -0.1) is 17.9 Å². The summed E-state index contributed by atoms with van der Waals surface area (Å²) < 4.78 is 39.2. The molecule has 0 unspecified atom stereocenters. The molecule has 234 valence electrons. The molecule has 3 aromatic rings. The number of ketones is 1. The average Bonchev–Trinajstić information content (AvgIpc) is 3.86. The number of hydrogen-bond acceptors (Lipinski definition) is 10. The number of ether oxygens (including phenoxy) is 2. The number of Topliss-reactive ketones (excluding diaryl/α,β-unsaturated/α-hetero) is 1. The maximum Gasteiger partial charge on any atom is 0.240 e. The number of hydrogen-bond donors (Lipinski definition) is 2. The molecule has 2 saturated carbocycles.